The molecule has 144 valence electrons. The number of hydrogen-bond acceptors (Lipinski definition) is 4. The van der Waals surface area contributed by atoms with E-state index in [1.807, 2.05) is 78.9 Å². The Labute approximate surface area is 169 Å². The Hall–Kier alpha value is -3.79. The van der Waals surface area contributed by atoms with Gasteiger partial charge in [-0.3, -0.25) is 4.79 Å². The second-order valence-electron chi connectivity index (χ2n) is 6.53. The molecule has 0 aliphatic carbocycles. The van der Waals surface area contributed by atoms with Crippen molar-refractivity contribution >= 4 is 22.6 Å². The molecule has 0 N–H and O–H groups in total. The predicted molar refractivity (Wildman–Crippen MR) is 113 cm³/mol. The maximum Gasteiger partial charge on any atom is 0.185 e. The SMILES string of the molecule is COc1ccc(OCc2ccc(/C=C/C(=O)c3ccc4ccccc4c3)o2)cc1. The molecule has 0 fully saturated rings. The lowest BCUT2D eigenvalue weighted by atomic mass is 10.0. The fraction of sp³-hybridized carbons (Fsp3) is 0.0800. The van der Waals surface area contributed by atoms with Gasteiger partial charge in [0.25, 0.3) is 0 Å². The number of benzene rings is 3. The molecule has 4 nitrogen and oxygen atoms in total. The van der Waals surface area contributed by atoms with Gasteiger partial charge in [0.15, 0.2) is 5.78 Å². The minimum Gasteiger partial charge on any atom is -0.497 e. The number of furan rings is 1. The number of methoxy groups -OCH3 is 1. The first-order valence-corrected chi connectivity index (χ1v) is 9.28. The van der Waals surface area contributed by atoms with Gasteiger partial charge in [-0.05, 0) is 65.4 Å². The largest absolute Gasteiger partial charge is 0.497 e. The van der Waals surface area contributed by atoms with Crippen LogP contribution in [0.2, 0.25) is 0 Å². The van der Waals surface area contributed by atoms with E-state index in [0.717, 1.165) is 22.3 Å². The van der Waals surface area contributed by atoms with E-state index in [0.29, 0.717) is 23.7 Å². The van der Waals surface area contributed by atoms with Crippen molar-refractivity contribution in [2.75, 3.05) is 7.11 Å². The number of carbonyl (C=O) groups excluding carboxylic acids is 1. The number of rotatable bonds is 7. The Balaban J connectivity index is 1.38. The highest BCUT2D eigenvalue weighted by molar-refractivity contribution is 6.08. The van der Waals surface area contributed by atoms with Crippen molar-refractivity contribution in [2.24, 2.45) is 0 Å². The molecule has 0 amide bonds. The number of hydrogen-bond donors (Lipinski definition) is 0. The maximum atomic E-state index is 12.5. The van der Waals surface area contributed by atoms with E-state index in [9.17, 15) is 4.79 Å². The zero-order valence-corrected chi connectivity index (χ0v) is 16.0. The lowest BCUT2D eigenvalue weighted by Gasteiger charge is -2.05. The topological polar surface area (TPSA) is 48.7 Å². The van der Waals surface area contributed by atoms with Crippen LogP contribution in [0.4, 0.5) is 0 Å². The Morgan fingerprint density at radius 1 is 0.897 bits per heavy atom. The normalized spacial score (nSPS) is 11.1. The maximum absolute atomic E-state index is 12.5. The molecule has 4 aromatic rings. The van der Waals surface area contributed by atoms with Crippen LogP contribution in [-0.4, -0.2) is 12.9 Å². The van der Waals surface area contributed by atoms with Crippen molar-refractivity contribution in [1.29, 1.82) is 0 Å². The number of fused-ring (bicyclic) bond motifs is 1. The highest BCUT2D eigenvalue weighted by atomic mass is 16.5. The average molecular weight is 384 g/mol. The third-order valence-electron chi connectivity index (χ3n) is 4.56. The van der Waals surface area contributed by atoms with Crippen LogP contribution in [0.25, 0.3) is 16.8 Å². The van der Waals surface area contributed by atoms with Gasteiger partial charge < -0.3 is 13.9 Å². The third-order valence-corrected chi connectivity index (χ3v) is 4.56. The van der Waals surface area contributed by atoms with Gasteiger partial charge in [-0.1, -0.05) is 36.4 Å². The minimum atomic E-state index is -0.0665. The quantitative estimate of drug-likeness (QED) is 0.293. The molecule has 0 bridgehead atoms. The molecule has 0 spiro atoms. The summed E-state index contributed by atoms with van der Waals surface area (Å²) >= 11 is 0. The summed E-state index contributed by atoms with van der Waals surface area (Å²) in [5.41, 5.74) is 0.648. The molecule has 3 aromatic carbocycles. The van der Waals surface area contributed by atoms with E-state index in [4.69, 9.17) is 13.9 Å². The summed E-state index contributed by atoms with van der Waals surface area (Å²) in [7, 11) is 1.62. The summed E-state index contributed by atoms with van der Waals surface area (Å²) in [5, 5.41) is 2.16. The van der Waals surface area contributed by atoms with E-state index in [1.54, 1.807) is 13.2 Å². The molecule has 0 saturated heterocycles. The molecule has 0 saturated carbocycles. The molecule has 4 heteroatoms. The zero-order valence-electron chi connectivity index (χ0n) is 16.0. The number of ether oxygens (including phenoxy) is 2. The van der Waals surface area contributed by atoms with Gasteiger partial charge in [-0.25, -0.2) is 0 Å². The highest BCUT2D eigenvalue weighted by Crippen LogP contribution is 2.20. The van der Waals surface area contributed by atoms with Gasteiger partial charge in [0.1, 0.15) is 29.6 Å². The third kappa shape index (κ3) is 4.55. The van der Waals surface area contributed by atoms with Gasteiger partial charge in [0.05, 0.1) is 7.11 Å². The summed E-state index contributed by atoms with van der Waals surface area (Å²) in [6.07, 6.45) is 3.20. The fourth-order valence-electron chi connectivity index (χ4n) is 2.98. The van der Waals surface area contributed by atoms with Crippen LogP contribution in [0.5, 0.6) is 11.5 Å². The first kappa shape index (κ1) is 18.6. The van der Waals surface area contributed by atoms with E-state index in [2.05, 4.69) is 0 Å². The lowest BCUT2D eigenvalue weighted by Crippen LogP contribution is -1.94. The number of allylic oxidation sites excluding steroid dienone is 1. The number of ketones is 1. The highest BCUT2D eigenvalue weighted by Gasteiger charge is 2.05. The Morgan fingerprint density at radius 3 is 2.45 bits per heavy atom. The summed E-state index contributed by atoms with van der Waals surface area (Å²) in [4.78, 5) is 12.5. The van der Waals surface area contributed by atoms with Crippen LogP contribution in [-0.2, 0) is 6.61 Å². The van der Waals surface area contributed by atoms with Gasteiger partial charge in [-0.15, -0.1) is 0 Å². The summed E-state index contributed by atoms with van der Waals surface area (Å²) < 4.78 is 16.5. The lowest BCUT2D eigenvalue weighted by molar-refractivity contribution is 0.104. The van der Waals surface area contributed by atoms with Crippen molar-refractivity contribution < 1.29 is 18.7 Å². The van der Waals surface area contributed by atoms with Gasteiger partial charge in [0, 0.05) is 5.56 Å². The van der Waals surface area contributed by atoms with Crippen LogP contribution >= 0.6 is 0 Å². The van der Waals surface area contributed by atoms with Crippen LogP contribution in [0.3, 0.4) is 0 Å². The predicted octanol–water partition coefficient (Wildman–Crippen LogP) is 5.92. The van der Waals surface area contributed by atoms with E-state index < -0.39 is 0 Å². The summed E-state index contributed by atoms with van der Waals surface area (Å²) in [5.74, 6) is 2.72. The Bertz CT molecular complexity index is 1150. The van der Waals surface area contributed by atoms with E-state index in [-0.39, 0.29) is 5.78 Å². The monoisotopic (exact) mass is 384 g/mol. The van der Waals surface area contributed by atoms with Crippen LogP contribution in [0.15, 0.2) is 89.4 Å². The Morgan fingerprint density at radius 2 is 1.66 bits per heavy atom. The van der Waals surface area contributed by atoms with Crippen molar-refractivity contribution in [3.05, 3.63) is 102 Å². The molecular weight excluding hydrogens is 364 g/mol. The number of carbonyl (C=O) groups is 1. The molecule has 0 aliphatic rings. The first-order chi connectivity index (χ1) is 14.2. The van der Waals surface area contributed by atoms with Gasteiger partial charge >= 0.3 is 0 Å². The molecule has 1 heterocycles. The smallest absolute Gasteiger partial charge is 0.185 e. The van der Waals surface area contributed by atoms with Crippen molar-refractivity contribution in [3.8, 4) is 11.5 Å². The van der Waals surface area contributed by atoms with Crippen LogP contribution < -0.4 is 9.47 Å². The second kappa shape index (κ2) is 8.48. The molecule has 0 atom stereocenters. The fourth-order valence-corrected chi connectivity index (χ4v) is 2.98. The molecule has 0 radical (unpaired) electrons. The summed E-state index contributed by atoms with van der Waals surface area (Å²) in [6, 6.07) is 24.7. The molecule has 0 aliphatic heterocycles. The van der Waals surface area contributed by atoms with E-state index in [1.165, 1.54) is 6.08 Å². The standard InChI is InChI=1S/C25H20O4/c1-27-21-8-10-22(11-9-21)28-17-24-13-12-23(29-24)14-15-25(26)20-7-6-18-4-2-3-5-19(18)16-20/h2-16H,17H2,1H3/b15-14+. The van der Waals surface area contributed by atoms with E-state index >= 15 is 0 Å². The molecule has 29 heavy (non-hydrogen) atoms. The average Bonchev–Trinajstić information content (AvgIpc) is 3.24. The second-order valence-corrected chi connectivity index (χ2v) is 6.53. The molecule has 4 rings (SSSR count). The summed E-state index contributed by atoms with van der Waals surface area (Å²) in [6.45, 7) is 0.304. The minimum absolute atomic E-state index is 0.0665. The van der Waals surface area contributed by atoms with Crippen LogP contribution in [0.1, 0.15) is 21.9 Å². The van der Waals surface area contributed by atoms with Gasteiger partial charge in [-0.2, -0.15) is 0 Å². The van der Waals surface area contributed by atoms with Crippen molar-refractivity contribution in [3.63, 3.8) is 0 Å². The molecule has 0 unspecified atom stereocenters. The van der Waals surface area contributed by atoms with Crippen molar-refractivity contribution in [2.45, 2.75) is 6.61 Å². The van der Waals surface area contributed by atoms with Gasteiger partial charge in [0.2, 0.25) is 0 Å². The van der Waals surface area contributed by atoms with Crippen LogP contribution in [0, 0.1) is 0 Å². The van der Waals surface area contributed by atoms with Crippen molar-refractivity contribution in [1.82, 2.24) is 0 Å². The molecular formula is C25H20O4. The first-order valence-electron chi connectivity index (χ1n) is 9.28. The zero-order chi connectivity index (χ0) is 20.1. The Kier molecular flexibility index (Phi) is 5.43. The molecule has 1 aromatic heterocycles.